The number of halogens is 2. The molecule has 10 heteroatoms. The number of fused-ring (bicyclic) bond motifs is 3. The van der Waals surface area contributed by atoms with E-state index in [1.807, 2.05) is 53.4 Å². The molecule has 2 aromatic carbocycles. The number of nitrogens with zero attached hydrogens (tertiary/aromatic N) is 2. The van der Waals surface area contributed by atoms with Gasteiger partial charge >= 0.3 is 12.2 Å². The van der Waals surface area contributed by atoms with E-state index < -0.39 is 29.9 Å². The van der Waals surface area contributed by atoms with Crippen molar-refractivity contribution >= 4 is 17.9 Å². The number of ether oxygens (including phenoxy) is 2. The van der Waals surface area contributed by atoms with Crippen LogP contribution in [0.5, 0.6) is 5.75 Å². The Balaban J connectivity index is 1.19. The van der Waals surface area contributed by atoms with Gasteiger partial charge in [0.15, 0.2) is 0 Å². The van der Waals surface area contributed by atoms with Gasteiger partial charge in [0.05, 0.1) is 17.9 Å². The van der Waals surface area contributed by atoms with Gasteiger partial charge < -0.3 is 29.7 Å². The zero-order valence-electron chi connectivity index (χ0n) is 19.0. The van der Waals surface area contributed by atoms with Crippen molar-refractivity contribution in [1.29, 1.82) is 0 Å². The highest BCUT2D eigenvalue weighted by atomic mass is 19.3. The summed E-state index contributed by atoms with van der Waals surface area (Å²) in [6, 6.07) is 14.8. The van der Waals surface area contributed by atoms with E-state index in [0.717, 1.165) is 21.7 Å². The molecule has 0 radical (unpaired) electrons. The van der Waals surface area contributed by atoms with Crippen molar-refractivity contribution in [3.63, 3.8) is 0 Å². The van der Waals surface area contributed by atoms with Crippen LogP contribution < -0.4 is 15.0 Å². The summed E-state index contributed by atoms with van der Waals surface area (Å²) >= 11 is 0. The van der Waals surface area contributed by atoms with E-state index in [9.17, 15) is 23.5 Å². The number of alkyl halides is 2. The van der Waals surface area contributed by atoms with Gasteiger partial charge in [0, 0.05) is 37.9 Å². The Morgan fingerprint density at radius 1 is 1.09 bits per heavy atom. The van der Waals surface area contributed by atoms with Crippen LogP contribution in [0.25, 0.3) is 0 Å². The van der Waals surface area contributed by atoms with Gasteiger partial charge in [-0.25, -0.2) is 18.4 Å². The molecule has 3 heterocycles. The fourth-order valence-corrected chi connectivity index (χ4v) is 5.10. The quantitative estimate of drug-likeness (QED) is 0.685. The van der Waals surface area contributed by atoms with Gasteiger partial charge in [0.25, 0.3) is 5.92 Å². The van der Waals surface area contributed by atoms with E-state index in [1.165, 1.54) is 0 Å². The Hall–Kier alpha value is -3.56. The summed E-state index contributed by atoms with van der Waals surface area (Å²) in [5.41, 5.74) is 2.58. The number of benzene rings is 2. The normalized spacial score (nSPS) is 24.7. The van der Waals surface area contributed by atoms with Crippen LogP contribution in [-0.4, -0.2) is 66.9 Å². The van der Waals surface area contributed by atoms with Crippen molar-refractivity contribution in [3.05, 3.63) is 59.7 Å². The molecule has 35 heavy (non-hydrogen) atoms. The summed E-state index contributed by atoms with van der Waals surface area (Å²) in [7, 11) is 0. The average Bonchev–Trinajstić information content (AvgIpc) is 2.82. The number of hydrogen-bond acceptors (Lipinski definition) is 5. The molecule has 186 valence electrons. The van der Waals surface area contributed by atoms with Crippen molar-refractivity contribution in [2.45, 2.75) is 25.0 Å². The van der Waals surface area contributed by atoms with E-state index in [1.54, 1.807) is 0 Å². The zero-order valence-corrected chi connectivity index (χ0v) is 19.0. The lowest BCUT2D eigenvalue weighted by molar-refractivity contribution is -0.151. The number of amides is 2. The minimum atomic E-state index is -2.89. The van der Waals surface area contributed by atoms with Gasteiger partial charge in [-0.1, -0.05) is 36.4 Å². The predicted octanol–water partition coefficient (Wildman–Crippen LogP) is 3.60. The van der Waals surface area contributed by atoms with Crippen molar-refractivity contribution in [1.82, 2.24) is 10.2 Å². The van der Waals surface area contributed by atoms with E-state index in [0.29, 0.717) is 12.2 Å². The van der Waals surface area contributed by atoms with Gasteiger partial charge in [-0.15, -0.1) is 0 Å². The Morgan fingerprint density at radius 3 is 2.49 bits per heavy atom. The zero-order chi connectivity index (χ0) is 24.6. The first-order chi connectivity index (χ1) is 16.8. The lowest BCUT2D eigenvalue weighted by atomic mass is 9.80. The Morgan fingerprint density at radius 2 is 1.80 bits per heavy atom. The van der Waals surface area contributed by atoms with Crippen LogP contribution in [0.3, 0.4) is 0 Å². The second-order valence-corrected chi connectivity index (χ2v) is 9.37. The molecule has 5 rings (SSSR count). The van der Waals surface area contributed by atoms with Crippen molar-refractivity contribution in [3.8, 4) is 5.75 Å². The number of nitrogens with one attached hydrogen (secondary N) is 1. The molecule has 0 spiro atoms. The third kappa shape index (κ3) is 4.82. The number of rotatable bonds is 4. The predicted molar refractivity (Wildman–Crippen MR) is 123 cm³/mol. The highest BCUT2D eigenvalue weighted by molar-refractivity contribution is 5.68. The fraction of sp³-hybridized carbons (Fsp3) is 0.440. The van der Waals surface area contributed by atoms with E-state index in [4.69, 9.17) is 9.47 Å². The third-order valence-corrected chi connectivity index (χ3v) is 6.98. The molecule has 0 aliphatic carbocycles. The standard InChI is InChI=1S/C25H27F2N3O5/c26-25(27)18-10-29(11-19(25)13-30(12-18)24(32)33)21-7-6-17-8-20(15-34-22(17)9-21)28-23(31)35-14-16-4-2-1-3-5-16/h1-7,9,18-20H,8,10-15H2,(H,28,31)(H,32,33)/t18?,19?,20-/m1/s1. The van der Waals surface area contributed by atoms with Crippen LogP contribution in [0.4, 0.5) is 24.1 Å². The van der Waals surface area contributed by atoms with Gasteiger partial charge in [0.2, 0.25) is 0 Å². The molecule has 3 aliphatic rings. The Bertz CT molecular complexity index is 1080. The SMILES string of the molecule is O=C(N[C@H]1COc2cc(N3CC4CN(C(=O)O)CC(C3)C4(F)F)ccc2C1)OCc1ccccc1. The number of alkyl carbamates (subject to hydrolysis) is 1. The molecule has 2 unspecified atom stereocenters. The summed E-state index contributed by atoms with van der Waals surface area (Å²) in [6.07, 6.45) is -1.11. The van der Waals surface area contributed by atoms with Gasteiger partial charge in [-0.05, 0) is 23.6 Å². The minimum Gasteiger partial charge on any atom is -0.491 e. The van der Waals surface area contributed by atoms with Crippen molar-refractivity contribution < 1.29 is 33.0 Å². The molecule has 2 fully saturated rings. The molecule has 3 atom stereocenters. The van der Waals surface area contributed by atoms with Gasteiger partial charge in [-0.3, -0.25) is 0 Å². The van der Waals surface area contributed by atoms with Crippen molar-refractivity contribution in [2.75, 3.05) is 37.7 Å². The van der Waals surface area contributed by atoms with Crippen LogP contribution >= 0.6 is 0 Å². The third-order valence-electron chi connectivity index (χ3n) is 6.98. The van der Waals surface area contributed by atoms with E-state index >= 15 is 0 Å². The highest BCUT2D eigenvalue weighted by Gasteiger charge is 2.56. The fourth-order valence-electron chi connectivity index (χ4n) is 5.10. The van der Waals surface area contributed by atoms with E-state index in [-0.39, 0.29) is 45.4 Å². The number of anilines is 1. The van der Waals surface area contributed by atoms with Gasteiger partial charge in [0.1, 0.15) is 19.0 Å². The molecule has 3 aliphatic heterocycles. The van der Waals surface area contributed by atoms with Crippen molar-refractivity contribution in [2.24, 2.45) is 11.8 Å². The summed E-state index contributed by atoms with van der Waals surface area (Å²) in [5, 5.41) is 12.1. The van der Waals surface area contributed by atoms with Gasteiger partial charge in [-0.2, -0.15) is 0 Å². The Kier molecular flexibility index (Phi) is 6.12. The first-order valence-corrected chi connectivity index (χ1v) is 11.6. The van der Waals surface area contributed by atoms with Crippen LogP contribution in [-0.2, 0) is 17.8 Å². The molecular weight excluding hydrogens is 460 g/mol. The number of piperidine rings is 2. The monoisotopic (exact) mass is 487 g/mol. The maximum atomic E-state index is 14.7. The molecular formula is C25H27F2N3O5. The number of likely N-dealkylation sites (tertiary alicyclic amines) is 1. The topological polar surface area (TPSA) is 91.3 Å². The number of carbonyl (C=O) groups is 2. The smallest absolute Gasteiger partial charge is 0.407 e. The lowest BCUT2D eigenvalue weighted by Crippen LogP contribution is -2.64. The van der Waals surface area contributed by atoms with E-state index in [2.05, 4.69) is 5.32 Å². The molecule has 2 bridgehead atoms. The molecule has 2 aromatic rings. The maximum absolute atomic E-state index is 14.7. The summed E-state index contributed by atoms with van der Waals surface area (Å²) < 4.78 is 40.6. The van der Waals surface area contributed by atoms with Crippen LogP contribution in [0.15, 0.2) is 48.5 Å². The summed E-state index contributed by atoms with van der Waals surface area (Å²) in [6.45, 7) is 0.247. The molecule has 0 aromatic heterocycles. The van der Waals surface area contributed by atoms with Crippen LogP contribution in [0, 0.1) is 11.8 Å². The lowest BCUT2D eigenvalue weighted by Gasteiger charge is -2.50. The first kappa shape index (κ1) is 23.2. The largest absolute Gasteiger partial charge is 0.491 e. The minimum absolute atomic E-state index is 0.0729. The number of carbonyl (C=O) groups excluding carboxylic acids is 1. The summed E-state index contributed by atoms with van der Waals surface area (Å²) in [5.74, 6) is -4.34. The number of hydrogen-bond donors (Lipinski definition) is 2. The molecule has 2 amide bonds. The maximum Gasteiger partial charge on any atom is 0.407 e. The first-order valence-electron chi connectivity index (χ1n) is 11.6. The van der Waals surface area contributed by atoms with Crippen LogP contribution in [0.2, 0.25) is 0 Å². The Labute approximate surface area is 201 Å². The summed E-state index contributed by atoms with van der Waals surface area (Å²) in [4.78, 5) is 26.5. The average molecular weight is 488 g/mol. The molecule has 2 N–H and O–H groups in total. The molecule has 8 nitrogen and oxygen atoms in total. The molecule has 2 saturated heterocycles. The van der Waals surface area contributed by atoms with Crippen LogP contribution in [0.1, 0.15) is 11.1 Å². The second kappa shape index (κ2) is 9.24. The number of carboxylic acid groups (broad SMARTS) is 1. The molecule has 0 saturated carbocycles. The highest BCUT2D eigenvalue weighted by Crippen LogP contribution is 2.44. The second-order valence-electron chi connectivity index (χ2n) is 9.37.